The summed E-state index contributed by atoms with van der Waals surface area (Å²) in [5, 5.41) is 9.99. The molecule has 0 aromatic heterocycles. The zero-order valence-corrected chi connectivity index (χ0v) is 21.5. The van der Waals surface area contributed by atoms with E-state index in [1.807, 2.05) is 6.21 Å². The number of carbonyl (C=O) groups is 1. The zero-order chi connectivity index (χ0) is 23.6. The van der Waals surface area contributed by atoms with Gasteiger partial charge in [-0.2, -0.15) is 0 Å². The highest BCUT2D eigenvalue weighted by molar-refractivity contribution is 5.83. The largest absolute Gasteiger partial charge is 0.478 e. The molecule has 0 aromatic carbocycles. The van der Waals surface area contributed by atoms with Crippen LogP contribution in [0.3, 0.4) is 0 Å². The summed E-state index contributed by atoms with van der Waals surface area (Å²) in [5.41, 5.74) is -1.01. The molecule has 0 spiro atoms. The van der Waals surface area contributed by atoms with Crippen molar-refractivity contribution < 1.29 is 9.90 Å². The first-order valence-corrected chi connectivity index (χ1v) is 14.1. The van der Waals surface area contributed by atoms with Crippen LogP contribution in [0.2, 0.25) is 0 Å². The lowest BCUT2D eigenvalue weighted by Gasteiger charge is -2.33. The Labute approximate surface area is 203 Å². The molecule has 0 radical (unpaired) electrons. The van der Waals surface area contributed by atoms with E-state index in [9.17, 15) is 9.90 Å². The second-order valence-corrected chi connectivity index (χ2v) is 10.1. The summed E-state index contributed by atoms with van der Waals surface area (Å²) in [7, 11) is 0. The summed E-state index contributed by atoms with van der Waals surface area (Å²) >= 11 is 0. The Morgan fingerprint density at radius 2 is 1.48 bits per heavy atom. The molecule has 0 aliphatic carbocycles. The molecule has 0 aromatic rings. The smallest absolute Gasteiger partial charge is 0.346 e. The fourth-order valence-electron chi connectivity index (χ4n) is 5.25. The van der Waals surface area contributed by atoms with Crippen LogP contribution in [0.25, 0.3) is 0 Å². The van der Waals surface area contributed by atoms with Gasteiger partial charge in [-0.05, 0) is 77.4 Å². The van der Waals surface area contributed by atoms with Crippen LogP contribution in [0.4, 0.5) is 0 Å². The summed E-state index contributed by atoms with van der Waals surface area (Å²) in [6.45, 7) is 7.26. The number of carboxylic acids is 1. The number of unbranched alkanes of at least 4 members (excludes halogenated alkanes) is 11. The maximum Gasteiger partial charge on any atom is 0.346 e. The summed E-state index contributed by atoms with van der Waals surface area (Å²) in [4.78, 5) is 21.2. The molecule has 2 heterocycles. The van der Waals surface area contributed by atoms with E-state index in [4.69, 9.17) is 0 Å². The monoisotopic (exact) mass is 461 g/mol. The molecular weight excluding hydrogens is 410 g/mol. The number of rotatable bonds is 20. The minimum absolute atomic E-state index is 0.640. The van der Waals surface area contributed by atoms with E-state index >= 15 is 0 Å². The van der Waals surface area contributed by atoms with Crippen LogP contribution in [-0.4, -0.2) is 65.5 Å². The quantitative estimate of drug-likeness (QED) is 0.162. The lowest BCUT2D eigenvalue weighted by Crippen LogP contribution is -2.51. The number of hydrogen-bond acceptors (Lipinski definition) is 4. The molecule has 1 fully saturated rings. The summed E-state index contributed by atoms with van der Waals surface area (Å²) in [6, 6.07) is 0. The van der Waals surface area contributed by atoms with E-state index < -0.39 is 11.6 Å². The molecule has 2 aliphatic heterocycles. The minimum Gasteiger partial charge on any atom is -0.478 e. The van der Waals surface area contributed by atoms with Gasteiger partial charge in [-0.1, -0.05) is 70.4 Å². The molecule has 5 heteroatoms. The van der Waals surface area contributed by atoms with Crippen molar-refractivity contribution >= 4 is 12.2 Å². The number of allylic oxidation sites excluding steroid dienone is 2. The SMILES string of the molecule is CCCCCCCC/C=C\CCCCCCCC1(C(=O)O)N=CCN1CCCN1CCCC1. The Morgan fingerprint density at radius 3 is 2.12 bits per heavy atom. The van der Waals surface area contributed by atoms with Crippen LogP contribution in [0, 0.1) is 0 Å². The van der Waals surface area contributed by atoms with Gasteiger partial charge in [0.1, 0.15) is 0 Å². The van der Waals surface area contributed by atoms with Crippen LogP contribution >= 0.6 is 0 Å². The Bertz CT molecular complexity index is 571. The van der Waals surface area contributed by atoms with Crippen molar-refractivity contribution in [2.45, 2.75) is 122 Å². The number of nitrogens with zero attached hydrogens (tertiary/aromatic N) is 3. The molecule has 5 nitrogen and oxygen atoms in total. The fraction of sp³-hybridized carbons (Fsp3) is 0.857. The molecule has 190 valence electrons. The van der Waals surface area contributed by atoms with Crippen molar-refractivity contribution in [3.05, 3.63) is 12.2 Å². The molecule has 0 saturated carbocycles. The van der Waals surface area contributed by atoms with Gasteiger partial charge in [0.25, 0.3) is 0 Å². The van der Waals surface area contributed by atoms with E-state index in [1.165, 1.54) is 96.6 Å². The number of hydrogen-bond donors (Lipinski definition) is 1. The maximum absolute atomic E-state index is 12.2. The second-order valence-electron chi connectivity index (χ2n) is 10.1. The van der Waals surface area contributed by atoms with Crippen molar-refractivity contribution in [2.24, 2.45) is 4.99 Å². The molecule has 0 amide bonds. The minimum atomic E-state index is -1.01. The zero-order valence-electron chi connectivity index (χ0n) is 21.5. The number of aliphatic imine (C=N–C) groups is 1. The van der Waals surface area contributed by atoms with Crippen LogP contribution in [0.15, 0.2) is 17.1 Å². The van der Waals surface area contributed by atoms with Crippen molar-refractivity contribution in [1.82, 2.24) is 9.80 Å². The van der Waals surface area contributed by atoms with Gasteiger partial charge in [0, 0.05) is 19.3 Å². The highest BCUT2D eigenvalue weighted by atomic mass is 16.4. The van der Waals surface area contributed by atoms with Crippen molar-refractivity contribution in [1.29, 1.82) is 0 Å². The third kappa shape index (κ3) is 10.7. The Hall–Kier alpha value is -1.20. The summed E-state index contributed by atoms with van der Waals surface area (Å²) in [5.74, 6) is -0.770. The lowest BCUT2D eigenvalue weighted by molar-refractivity contribution is -0.150. The van der Waals surface area contributed by atoms with E-state index in [1.54, 1.807) is 0 Å². The number of aliphatic carboxylic acids is 1. The van der Waals surface area contributed by atoms with Gasteiger partial charge >= 0.3 is 5.97 Å². The molecule has 1 atom stereocenters. The highest BCUT2D eigenvalue weighted by Gasteiger charge is 2.45. The molecule has 1 N–H and O–H groups in total. The average Bonchev–Trinajstić information content (AvgIpc) is 3.47. The van der Waals surface area contributed by atoms with Crippen molar-refractivity contribution in [3.8, 4) is 0 Å². The molecule has 1 unspecified atom stereocenters. The van der Waals surface area contributed by atoms with Crippen LogP contribution < -0.4 is 0 Å². The first kappa shape index (κ1) is 28.0. The first-order valence-electron chi connectivity index (χ1n) is 14.1. The van der Waals surface area contributed by atoms with Gasteiger partial charge < -0.3 is 10.0 Å². The molecule has 2 rings (SSSR count). The third-order valence-electron chi connectivity index (χ3n) is 7.36. The fourth-order valence-corrected chi connectivity index (χ4v) is 5.25. The second kappa shape index (κ2) is 17.3. The predicted molar refractivity (Wildman–Crippen MR) is 140 cm³/mol. The van der Waals surface area contributed by atoms with Crippen LogP contribution in [0.5, 0.6) is 0 Å². The number of likely N-dealkylation sites (tertiary alicyclic amines) is 1. The number of carboxylic acid groups (broad SMARTS) is 1. The molecular formula is C28H51N3O2. The van der Waals surface area contributed by atoms with Gasteiger partial charge in [-0.25, -0.2) is 4.79 Å². The van der Waals surface area contributed by atoms with Crippen LogP contribution in [-0.2, 0) is 4.79 Å². The van der Waals surface area contributed by atoms with E-state index in [2.05, 4.69) is 33.9 Å². The summed E-state index contributed by atoms with van der Waals surface area (Å²) in [6.07, 6.45) is 27.2. The Morgan fingerprint density at radius 1 is 0.879 bits per heavy atom. The first-order chi connectivity index (χ1) is 16.2. The van der Waals surface area contributed by atoms with Gasteiger partial charge in [0.2, 0.25) is 5.66 Å². The van der Waals surface area contributed by atoms with Crippen LogP contribution in [0.1, 0.15) is 116 Å². The van der Waals surface area contributed by atoms with Gasteiger partial charge in [-0.15, -0.1) is 0 Å². The third-order valence-corrected chi connectivity index (χ3v) is 7.36. The molecule has 2 aliphatic rings. The van der Waals surface area contributed by atoms with Crippen molar-refractivity contribution in [2.75, 3.05) is 32.7 Å². The van der Waals surface area contributed by atoms with E-state index in [0.29, 0.717) is 13.0 Å². The molecule has 33 heavy (non-hydrogen) atoms. The predicted octanol–water partition coefficient (Wildman–Crippen LogP) is 6.68. The topological polar surface area (TPSA) is 56.1 Å². The molecule has 0 bridgehead atoms. The van der Waals surface area contributed by atoms with Crippen molar-refractivity contribution in [3.63, 3.8) is 0 Å². The van der Waals surface area contributed by atoms with Gasteiger partial charge in [0.05, 0.1) is 0 Å². The van der Waals surface area contributed by atoms with E-state index in [0.717, 1.165) is 32.4 Å². The Kier molecular flexibility index (Phi) is 14.7. The summed E-state index contributed by atoms with van der Waals surface area (Å²) < 4.78 is 0. The Balaban J connectivity index is 1.51. The van der Waals surface area contributed by atoms with Gasteiger partial charge in [-0.3, -0.25) is 9.89 Å². The van der Waals surface area contributed by atoms with Gasteiger partial charge in [0.15, 0.2) is 0 Å². The highest BCUT2D eigenvalue weighted by Crippen LogP contribution is 2.29. The average molecular weight is 462 g/mol. The molecule has 1 saturated heterocycles. The standard InChI is InChI=1S/C28H51N3O2/c1-2-3-4-5-6-7-8-9-10-11-12-13-14-15-16-20-28(27(32)33)29-21-26-31(28)25-19-24-30-22-17-18-23-30/h9-10,21H,2-8,11-20,22-26H2,1H3,(H,32,33)/b10-9-. The lowest BCUT2D eigenvalue weighted by atomic mass is 9.99. The normalized spacial score (nSPS) is 21.6. The maximum atomic E-state index is 12.2. The van der Waals surface area contributed by atoms with E-state index in [-0.39, 0.29) is 0 Å².